The van der Waals surface area contributed by atoms with E-state index >= 15 is 0 Å². The number of hydrogen-bond acceptors (Lipinski definition) is 1. The average Bonchev–Trinajstić information content (AvgIpc) is 2.61. The molecule has 16 heavy (non-hydrogen) atoms. The quantitative estimate of drug-likeness (QED) is 0.770. The molecule has 0 atom stereocenters. The van der Waals surface area contributed by atoms with Crippen LogP contribution in [0.25, 0.3) is 0 Å². The molecule has 2 rings (SSSR count). The minimum Gasteiger partial charge on any atom is -0.329 e. The van der Waals surface area contributed by atoms with E-state index in [2.05, 4.69) is 21.7 Å². The number of nitrogens with zero attached hydrogens (tertiary/aromatic N) is 2. The zero-order chi connectivity index (χ0) is 10.7. The van der Waals surface area contributed by atoms with Crippen molar-refractivity contribution < 1.29 is 0 Å². The molecule has 0 N–H and O–H groups in total. The van der Waals surface area contributed by atoms with Gasteiger partial charge >= 0.3 is 0 Å². The molecule has 0 spiro atoms. The number of benzene rings is 1. The molecule has 0 aliphatic heterocycles. The highest BCUT2D eigenvalue weighted by Crippen LogP contribution is 2.12. The van der Waals surface area contributed by atoms with Gasteiger partial charge in [-0.2, -0.15) is 0 Å². The molecule has 4 heteroatoms. The summed E-state index contributed by atoms with van der Waals surface area (Å²) in [6.07, 6.45) is 1.85. The van der Waals surface area contributed by atoms with Crippen LogP contribution in [0.5, 0.6) is 0 Å². The first-order valence-electron chi connectivity index (χ1n) is 4.91. The van der Waals surface area contributed by atoms with Gasteiger partial charge in [0.15, 0.2) is 0 Å². The van der Waals surface area contributed by atoms with Gasteiger partial charge in [0.2, 0.25) is 0 Å². The van der Waals surface area contributed by atoms with E-state index in [0.29, 0.717) is 5.88 Å². The van der Waals surface area contributed by atoms with Crippen LogP contribution in [0.1, 0.15) is 17.0 Å². The van der Waals surface area contributed by atoms with Gasteiger partial charge in [0.25, 0.3) is 0 Å². The number of rotatable bonds is 3. The van der Waals surface area contributed by atoms with Crippen LogP contribution in [0.3, 0.4) is 0 Å². The standard InChI is InChI=1S/C12H13ClN2.ClH/c1-10-12(7-13)15(9-14-10)8-11-5-3-2-4-6-11;/h2-6,9H,7-8H2,1H3;1H. The molecule has 0 radical (unpaired) electrons. The summed E-state index contributed by atoms with van der Waals surface area (Å²) in [5.74, 6) is 0.513. The Morgan fingerprint density at radius 2 is 1.94 bits per heavy atom. The van der Waals surface area contributed by atoms with Crippen molar-refractivity contribution in [3.8, 4) is 0 Å². The summed E-state index contributed by atoms with van der Waals surface area (Å²) in [5.41, 5.74) is 3.38. The van der Waals surface area contributed by atoms with Crippen LogP contribution in [-0.2, 0) is 12.4 Å². The van der Waals surface area contributed by atoms with Gasteiger partial charge < -0.3 is 4.57 Å². The molecule has 1 heterocycles. The topological polar surface area (TPSA) is 17.8 Å². The predicted molar refractivity (Wildman–Crippen MR) is 69.3 cm³/mol. The molecule has 0 fully saturated rings. The van der Waals surface area contributed by atoms with Gasteiger partial charge in [-0.05, 0) is 12.5 Å². The Hall–Kier alpha value is -0.990. The SMILES string of the molecule is Cc1ncn(Cc2ccccc2)c1CCl.Cl. The normalized spacial score (nSPS) is 9.88. The number of aryl methyl sites for hydroxylation is 1. The van der Waals surface area contributed by atoms with Gasteiger partial charge in [-0.1, -0.05) is 30.3 Å². The molecule has 86 valence electrons. The minimum absolute atomic E-state index is 0. The van der Waals surface area contributed by atoms with Gasteiger partial charge in [0, 0.05) is 6.54 Å². The van der Waals surface area contributed by atoms with E-state index in [4.69, 9.17) is 11.6 Å². The summed E-state index contributed by atoms with van der Waals surface area (Å²) in [6, 6.07) is 10.3. The van der Waals surface area contributed by atoms with E-state index in [1.54, 1.807) is 0 Å². The maximum absolute atomic E-state index is 5.88. The molecular weight excluding hydrogens is 243 g/mol. The molecule has 0 amide bonds. The largest absolute Gasteiger partial charge is 0.329 e. The first kappa shape index (κ1) is 13.1. The van der Waals surface area contributed by atoms with E-state index in [1.165, 1.54) is 5.56 Å². The third kappa shape index (κ3) is 2.77. The van der Waals surface area contributed by atoms with Crippen molar-refractivity contribution in [3.05, 3.63) is 53.6 Å². The maximum atomic E-state index is 5.88. The van der Waals surface area contributed by atoms with Crippen molar-refractivity contribution in [3.63, 3.8) is 0 Å². The summed E-state index contributed by atoms with van der Waals surface area (Å²) in [4.78, 5) is 4.26. The molecule has 1 aromatic heterocycles. The zero-order valence-corrected chi connectivity index (χ0v) is 10.6. The fourth-order valence-electron chi connectivity index (χ4n) is 1.60. The van der Waals surface area contributed by atoms with Gasteiger partial charge in [0.1, 0.15) is 0 Å². The Kier molecular flexibility index (Phi) is 4.84. The van der Waals surface area contributed by atoms with Crippen LogP contribution in [0.2, 0.25) is 0 Å². The van der Waals surface area contributed by atoms with Gasteiger partial charge in [-0.25, -0.2) is 4.98 Å². The molecule has 0 unspecified atom stereocenters. The Bertz CT molecular complexity index is 438. The van der Waals surface area contributed by atoms with Crippen molar-refractivity contribution in [2.75, 3.05) is 0 Å². The van der Waals surface area contributed by atoms with Crippen LogP contribution in [0.4, 0.5) is 0 Å². The van der Waals surface area contributed by atoms with Crippen molar-refractivity contribution in [2.45, 2.75) is 19.3 Å². The number of hydrogen-bond donors (Lipinski definition) is 0. The first-order chi connectivity index (χ1) is 7.31. The van der Waals surface area contributed by atoms with Crippen molar-refractivity contribution in [2.24, 2.45) is 0 Å². The number of halogens is 2. The number of alkyl halides is 1. The number of imidazole rings is 1. The summed E-state index contributed by atoms with van der Waals surface area (Å²) in [7, 11) is 0. The van der Waals surface area contributed by atoms with Crippen molar-refractivity contribution in [1.29, 1.82) is 0 Å². The molecule has 0 aliphatic rings. The first-order valence-corrected chi connectivity index (χ1v) is 5.45. The van der Waals surface area contributed by atoms with Gasteiger partial charge in [-0.3, -0.25) is 0 Å². The highest BCUT2D eigenvalue weighted by atomic mass is 35.5. The Morgan fingerprint density at radius 3 is 2.56 bits per heavy atom. The van der Waals surface area contributed by atoms with Crippen LogP contribution < -0.4 is 0 Å². The van der Waals surface area contributed by atoms with Gasteiger partial charge in [0.05, 0.1) is 23.6 Å². The molecule has 0 bridgehead atoms. The highest BCUT2D eigenvalue weighted by Gasteiger charge is 2.05. The van der Waals surface area contributed by atoms with Crippen LogP contribution >= 0.6 is 24.0 Å². The lowest BCUT2D eigenvalue weighted by Gasteiger charge is -2.06. The van der Waals surface area contributed by atoms with E-state index in [9.17, 15) is 0 Å². The average molecular weight is 257 g/mol. The summed E-state index contributed by atoms with van der Waals surface area (Å²) < 4.78 is 2.09. The van der Waals surface area contributed by atoms with E-state index in [-0.39, 0.29) is 12.4 Å². The Balaban J connectivity index is 0.00000128. The molecule has 0 saturated heterocycles. The predicted octanol–water partition coefficient (Wildman–Crippen LogP) is 3.40. The lowest BCUT2D eigenvalue weighted by atomic mass is 10.2. The summed E-state index contributed by atoms with van der Waals surface area (Å²) in [6.45, 7) is 2.82. The van der Waals surface area contributed by atoms with E-state index in [1.807, 2.05) is 31.5 Å². The van der Waals surface area contributed by atoms with Crippen molar-refractivity contribution >= 4 is 24.0 Å². The van der Waals surface area contributed by atoms with E-state index in [0.717, 1.165) is 17.9 Å². The smallest absolute Gasteiger partial charge is 0.0955 e. The second-order valence-electron chi connectivity index (χ2n) is 3.52. The third-order valence-electron chi connectivity index (χ3n) is 2.48. The third-order valence-corrected chi connectivity index (χ3v) is 2.73. The summed E-state index contributed by atoms with van der Waals surface area (Å²) >= 11 is 5.88. The second-order valence-corrected chi connectivity index (χ2v) is 3.79. The van der Waals surface area contributed by atoms with Crippen LogP contribution in [0, 0.1) is 6.92 Å². The molecule has 0 aliphatic carbocycles. The van der Waals surface area contributed by atoms with E-state index < -0.39 is 0 Å². The fraction of sp³-hybridized carbons (Fsp3) is 0.250. The molecular formula is C12H14Cl2N2. The van der Waals surface area contributed by atoms with Crippen LogP contribution in [0.15, 0.2) is 36.7 Å². The molecule has 1 aromatic carbocycles. The molecule has 2 nitrogen and oxygen atoms in total. The lowest BCUT2D eigenvalue weighted by molar-refractivity contribution is 0.763. The Morgan fingerprint density at radius 1 is 1.25 bits per heavy atom. The summed E-state index contributed by atoms with van der Waals surface area (Å²) in [5, 5.41) is 0. The maximum Gasteiger partial charge on any atom is 0.0955 e. The van der Waals surface area contributed by atoms with Gasteiger partial charge in [-0.15, -0.1) is 24.0 Å². The minimum atomic E-state index is 0. The Labute approximate surface area is 107 Å². The zero-order valence-electron chi connectivity index (χ0n) is 9.06. The monoisotopic (exact) mass is 256 g/mol. The van der Waals surface area contributed by atoms with Crippen molar-refractivity contribution in [1.82, 2.24) is 9.55 Å². The van der Waals surface area contributed by atoms with Crippen LogP contribution in [-0.4, -0.2) is 9.55 Å². The molecule has 2 aromatic rings. The number of aromatic nitrogens is 2. The molecule has 0 saturated carbocycles. The lowest BCUT2D eigenvalue weighted by Crippen LogP contribution is -2.02. The fourth-order valence-corrected chi connectivity index (χ4v) is 1.95. The highest BCUT2D eigenvalue weighted by molar-refractivity contribution is 6.17. The second kappa shape index (κ2) is 5.92.